The summed E-state index contributed by atoms with van der Waals surface area (Å²) in [6, 6.07) is 10.6. The highest BCUT2D eigenvalue weighted by Crippen LogP contribution is 2.16. The summed E-state index contributed by atoms with van der Waals surface area (Å²) in [6.45, 7) is 8.15. The summed E-state index contributed by atoms with van der Waals surface area (Å²) in [4.78, 5) is 18.8. The molecule has 1 heterocycles. The summed E-state index contributed by atoms with van der Waals surface area (Å²) < 4.78 is 0. The number of nitrogens with zero attached hydrogens (tertiary/aromatic N) is 2. The first-order chi connectivity index (χ1) is 11.6. The summed E-state index contributed by atoms with van der Waals surface area (Å²) in [5.74, 6) is 0.556. The Balaban J connectivity index is 1.88. The van der Waals surface area contributed by atoms with Crippen molar-refractivity contribution in [2.75, 3.05) is 36.8 Å². The number of nitrogens with one attached hydrogen (secondary N) is 2. The van der Waals surface area contributed by atoms with E-state index in [0.29, 0.717) is 16.3 Å². The van der Waals surface area contributed by atoms with E-state index >= 15 is 0 Å². The Morgan fingerprint density at radius 2 is 2.00 bits per heavy atom. The van der Waals surface area contributed by atoms with Crippen LogP contribution in [0.3, 0.4) is 0 Å². The number of hydrogen-bond acceptors (Lipinski definition) is 4. The average Bonchev–Trinajstić information content (AvgIpc) is 2.59. The van der Waals surface area contributed by atoms with E-state index in [4.69, 9.17) is 11.6 Å². The molecule has 1 aromatic carbocycles. The summed E-state index contributed by atoms with van der Waals surface area (Å²) in [5.41, 5.74) is 1.16. The highest BCUT2D eigenvalue weighted by Gasteiger charge is 2.07. The van der Waals surface area contributed by atoms with Crippen molar-refractivity contribution in [2.24, 2.45) is 0 Å². The zero-order valence-electron chi connectivity index (χ0n) is 14.1. The van der Waals surface area contributed by atoms with Crippen LogP contribution >= 0.6 is 11.6 Å². The number of rotatable bonds is 8. The van der Waals surface area contributed by atoms with Crippen LogP contribution in [0.1, 0.15) is 24.2 Å². The molecule has 2 N–H and O–H groups in total. The van der Waals surface area contributed by atoms with Gasteiger partial charge in [-0.3, -0.25) is 4.79 Å². The standard InChI is InChI=1S/C18H23ClN4O/c1-3-23(4-2)11-10-20-17-9-8-14(13-21-17)18(24)22-16-7-5-6-15(19)12-16/h5-9,12-13H,3-4,10-11H2,1-2H3,(H,20,21)(H,22,24). The molecule has 2 rings (SSSR count). The third kappa shape index (κ3) is 5.51. The molecule has 0 unspecified atom stereocenters. The highest BCUT2D eigenvalue weighted by molar-refractivity contribution is 6.30. The fraction of sp³-hybridized carbons (Fsp3) is 0.333. The van der Waals surface area contributed by atoms with E-state index in [1.54, 1.807) is 36.5 Å². The molecule has 2 aromatic rings. The number of hydrogen-bond donors (Lipinski definition) is 2. The second kappa shape index (κ2) is 9.25. The van der Waals surface area contributed by atoms with E-state index in [2.05, 4.69) is 34.4 Å². The number of halogens is 1. The number of benzene rings is 1. The largest absolute Gasteiger partial charge is 0.369 e. The molecule has 6 heteroatoms. The van der Waals surface area contributed by atoms with E-state index in [1.807, 2.05) is 6.07 Å². The van der Waals surface area contributed by atoms with Gasteiger partial charge in [0.2, 0.25) is 0 Å². The van der Waals surface area contributed by atoms with Gasteiger partial charge >= 0.3 is 0 Å². The molecule has 0 fully saturated rings. The minimum Gasteiger partial charge on any atom is -0.369 e. The van der Waals surface area contributed by atoms with Gasteiger partial charge in [-0.1, -0.05) is 31.5 Å². The molecule has 0 aliphatic rings. The normalized spacial score (nSPS) is 10.7. The van der Waals surface area contributed by atoms with Gasteiger partial charge in [0.1, 0.15) is 5.82 Å². The average molecular weight is 347 g/mol. The van der Waals surface area contributed by atoms with Crippen LogP contribution in [0.5, 0.6) is 0 Å². The Morgan fingerprint density at radius 3 is 2.62 bits per heavy atom. The molecule has 1 amide bonds. The Labute approximate surface area is 148 Å². The van der Waals surface area contributed by atoms with Crippen molar-refractivity contribution in [3.63, 3.8) is 0 Å². The van der Waals surface area contributed by atoms with Crippen LogP contribution in [0, 0.1) is 0 Å². The second-order valence-electron chi connectivity index (χ2n) is 5.35. The highest BCUT2D eigenvalue weighted by atomic mass is 35.5. The zero-order valence-corrected chi connectivity index (χ0v) is 14.8. The number of amides is 1. The maximum absolute atomic E-state index is 12.2. The molecule has 0 saturated heterocycles. The molecule has 0 aliphatic heterocycles. The zero-order chi connectivity index (χ0) is 17.4. The van der Waals surface area contributed by atoms with Gasteiger partial charge in [-0.15, -0.1) is 0 Å². The number of carbonyl (C=O) groups is 1. The van der Waals surface area contributed by atoms with Crippen molar-refractivity contribution in [3.8, 4) is 0 Å². The van der Waals surface area contributed by atoms with Crippen molar-refractivity contribution in [3.05, 3.63) is 53.2 Å². The maximum Gasteiger partial charge on any atom is 0.257 e. The first-order valence-corrected chi connectivity index (χ1v) is 8.49. The van der Waals surface area contributed by atoms with Gasteiger partial charge in [0.15, 0.2) is 0 Å². The number of anilines is 2. The molecule has 128 valence electrons. The summed E-state index contributed by atoms with van der Waals surface area (Å²) >= 11 is 5.91. The van der Waals surface area contributed by atoms with Crippen LogP contribution in [-0.4, -0.2) is 42.0 Å². The van der Waals surface area contributed by atoms with Crippen LogP contribution in [0.15, 0.2) is 42.6 Å². The lowest BCUT2D eigenvalue weighted by molar-refractivity contribution is 0.102. The van der Waals surface area contributed by atoms with Crippen LogP contribution < -0.4 is 10.6 Å². The monoisotopic (exact) mass is 346 g/mol. The molecule has 24 heavy (non-hydrogen) atoms. The first kappa shape index (κ1) is 18.2. The topological polar surface area (TPSA) is 57.3 Å². The predicted molar refractivity (Wildman–Crippen MR) is 99.9 cm³/mol. The van der Waals surface area contributed by atoms with Crippen LogP contribution in [0.25, 0.3) is 0 Å². The predicted octanol–water partition coefficient (Wildman–Crippen LogP) is 3.74. The van der Waals surface area contributed by atoms with Crippen LogP contribution in [0.2, 0.25) is 5.02 Å². The third-order valence-corrected chi connectivity index (χ3v) is 3.97. The van der Waals surface area contributed by atoms with E-state index in [0.717, 1.165) is 32.0 Å². The van der Waals surface area contributed by atoms with E-state index < -0.39 is 0 Å². The number of pyridine rings is 1. The molecule has 1 aromatic heterocycles. The van der Waals surface area contributed by atoms with E-state index in [1.165, 1.54) is 0 Å². The molecule has 0 atom stereocenters. The number of likely N-dealkylation sites (N-methyl/N-ethyl adjacent to an activating group) is 1. The molecule has 0 aliphatic carbocycles. The fourth-order valence-corrected chi connectivity index (χ4v) is 2.47. The molecule has 0 saturated carbocycles. The quantitative estimate of drug-likeness (QED) is 0.764. The van der Waals surface area contributed by atoms with Gasteiger partial charge in [0.05, 0.1) is 5.56 Å². The Kier molecular flexibility index (Phi) is 7.03. The minimum atomic E-state index is -0.209. The second-order valence-corrected chi connectivity index (χ2v) is 5.79. The molecule has 5 nitrogen and oxygen atoms in total. The van der Waals surface area contributed by atoms with Gasteiger partial charge in [-0.2, -0.15) is 0 Å². The minimum absolute atomic E-state index is 0.209. The summed E-state index contributed by atoms with van der Waals surface area (Å²) in [5, 5.41) is 6.65. The molecule has 0 spiro atoms. The molecular weight excluding hydrogens is 324 g/mol. The molecule has 0 bridgehead atoms. The van der Waals surface area contributed by atoms with Crippen molar-refractivity contribution < 1.29 is 4.79 Å². The van der Waals surface area contributed by atoms with E-state index in [9.17, 15) is 4.79 Å². The van der Waals surface area contributed by atoms with Crippen molar-refractivity contribution in [2.45, 2.75) is 13.8 Å². The third-order valence-electron chi connectivity index (χ3n) is 3.74. The van der Waals surface area contributed by atoms with Gasteiger partial charge in [0.25, 0.3) is 5.91 Å². The van der Waals surface area contributed by atoms with Crippen LogP contribution in [-0.2, 0) is 0 Å². The summed E-state index contributed by atoms with van der Waals surface area (Å²) in [6.07, 6.45) is 1.57. The lowest BCUT2D eigenvalue weighted by Gasteiger charge is -2.18. The van der Waals surface area contributed by atoms with Crippen molar-refractivity contribution in [1.82, 2.24) is 9.88 Å². The van der Waals surface area contributed by atoms with Gasteiger partial charge in [-0.05, 0) is 43.4 Å². The molecule has 0 radical (unpaired) electrons. The van der Waals surface area contributed by atoms with Crippen LogP contribution in [0.4, 0.5) is 11.5 Å². The van der Waals surface area contributed by atoms with Crippen molar-refractivity contribution in [1.29, 1.82) is 0 Å². The number of carbonyl (C=O) groups excluding carboxylic acids is 1. The van der Waals surface area contributed by atoms with Gasteiger partial charge < -0.3 is 15.5 Å². The maximum atomic E-state index is 12.2. The lowest BCUT2D eigenvalue weighted by atomic mass is 10.2. The Bertz CT molecular complexity index is 656. The fourth-order valence-electron chi connectivity index (χ4n) is 2.28. The smallest absolute Gasteiger partial charge is 0.257 e. The Morgan fingerprint density at radius 1 is 1.21 bits per heavy atom. The summed E-state index contributed by atoms with van der Waals surface area (Å²) in [7, 11) is 0. The SMILES string of the molecule is CCN(CC)CCNc1ccc(C(=O)Nc2cccc(Cl)c2)cn1. The Hall–Kier alpha value is -2.11. The van der Waals surface area contributed by atoms with Gasteiger partial charge in [0, 0.05) is 30.0 Å². The molecular formula is C18H23ClN4O. The van der Waals surface area contributed by atoms with Gasteiger partial charge in [-0.25, -0.2) is 4.98 Å². The van der Waals surface area contributed by atoms with E-state index in [-0.39, 0.29) is 5.91 Å². The first-order valence-electron chi connectivity index (χ1n) is 8.11. The lowest BCUT2D eigenvalue weighted by Crippen LogP contribution is -2.28. The number of aromatic nitrogens is 1. The van der Waals surface area contributed by atoms with Crippen molar-refractivity contribution >= 4 is 29.0 Å².